The van der Waals surface area contributed by atoms with Crippen LogP contribution in [0.15, 0.2) is 0 Å². The summed E-state index contributed by atoms with van der Waals surface area (Å²) in [5.74, 6) is 1.21. The zero-order valence-corrected chi connectivity index (χ0v) is 13.3. The fraction of sp³-hybridized carbons (Fsp3) is 0.750. The Balaban J connectivity index is 2.09. The van der Waals surface area contributed by atoms with Crippen molar-refractivity contribution >= 4 is 34.9 Å². The Morgan fingerprint density at radius 3 is 2.76 bits per heavy atom. The number of thiazole rings is 1. The highest BCUT2D eigenvalue weighted by Gasteiger charge is 2.28. The predicted octanol–water partition coefficient (Wildman–Crippen LogP) is 3.47. The van der Waals surface area contributed by atoms with Crippen LogP contribution in [0.25, 0.3) is 0 Å². The molecule has 17 heavy (non-hydrogen) atoms. The summed E-state index contributed by atoms with van der Waals surface area (Å²) in [4.78, 5) is 6.15. The van der Waals surface area contributed by atoms with Crippen LogP contribution >= 0.6 is 34.9 Å². The van der Waals surface area contributed by atoms with Gasteiger partial charge in [-0.1, -0.05) is 13.8 Å². The summed E-state index contributed by atoms with van der Waals surface area (Å²) in [7, 11) is 1.99. The van der Waals surface area contributed by atoms with Gasteiger partial charge in [0.2, 0.25) is 0 Å². The fourth-order valence-corrected chi connectivity index (χ4v) is 6.10. The Morgan fingerprint density at radius 2 is 2.12 bits per heavy atom. The van der Waals surface area contributed by atoms with Crippen LogP contribution in [-0.2, 0) is 6.54 Å². The quantitative estimate of drug-likeness (QED) is 0.920. The van der Waals surface area contributed by atoms with Crippen LogP contribution in [0, 0.1) is 6.92 Å². The smallest absolute Gasteiger partial charge is 0.107 e. The van der Waals surface area contributed by atoms with Crippen LogP contribution < -0.4 is 5.32 Å². The second kappa shape index (κ2) is 5.95. The molecule has 0 aliphatic carbocycles. The maximum absolute atomic E-state index is 4.76. The summed E-state index contributed by atoms with van der Waals surface area (Å²) in [6, 6.07) is 0. The van der Waals surface area contributed by atoms with E-state index in [0.717, 1.165) is 17.0 Å². The van der Waals surface area contributed by atoms with Crippen molar-refractivity contribution in [1.29, 1.82) is 0 Å². The monoisotopic (exact) mass is 288 g/mol. The van der Waals surface area contributed by atoms with E-state index < -0.39 is 0 Å². The van der Waals surface area contributed by atoms with Crippen molar-refractivity contribution in [3.05, 3.63) is 15.6 Å². The van der Waals surface area contributed by atoms with Gasteiger partial charge in [-0.25, -0.2) is 4.98 Å². The molecule has 3 atom stereocenters. The standard InChI is InChI=1S/C12H20N2S3/c1-7-10(5-13-4)17-12(14-7)11-6-15-8(2)9(3)16-11/h8-9,11,13H,5-6H2,1-4H3. The SMILES string of the molecule is CNCc1sc(C2CSC(C)C(C)S2)nc1C. The molecular weight excluding hydrogens is 268 g/mol. The van der Waals surface area contributed by atoms with Gasteiger partial charge in [0, 0.05) is 27.7 Å². The Bertz CT molecular complexity index is 378. The number of hydrogen-bond donors (Lipinski definition) is 1. The van der Waals surface area contributed by atoms with Gasteiger partial charge in [0.25, 0.3) is 0 Å². The molecule has 96 valence electrons. The first-order chi connectivity index (χ1) is 8.11. The third kappa shape index (κ3) is 3.19. The zero-order valence-electron chi connectivity index (χ0n) is 10.8. The topological polar surface area (TPSA) is 24.9 Å². The molecule has 1 N–H and O–H groups in total. The lowest BCUT2D eigenvalue weighted by Crippen LogP contribution is -2.21. The predicted molar refractivity (Wildman–Crippen MR) is 81.3 cm³/mol. The molecule has 3 unspecified atom stereocenters. The normalized spacial score (nSPS) is 29.5. The van der Waals surface area contributed by atoms with Crippen LogP contribution in [-0.4, -0.2) is 28.3 Å². The van der Waals surface area contributed by atoms with Gasteiger partial charge < -0.3 is 5.32 Å². The number of thioether (sulfide) groups is 2. The maximum Gasteiger partial charge on any atom is 0.107 e. The number of nitrogens with one attached hydrogen (secondary N) is 1. The molecule has 0 bridgehead atoms. The minimum absolute atomic E-state index is 0.598. The first-order valence-electron chi connectivity index (χ1n) is 5.99. The van der Waals surface area contributed by atoms with E-state index in [0.29, 0.717) is 5.25 Å². The third-order valence-electron chi connectivity index (χ3n) is 3.07. The number of rotatable bonds is 3. The molecule has 2 rings (SSSR count). The summed E-state index contributed by atoms with van der Waals surface area (Å²) in [5, 5.41) is 6.64. The summed E-state index contributed by atoms with van der Waals surface area (Å²) in [6.45, 7) is 7.74. The molecule has 1 aromatic rings. The highest BCUT2D eigenvalue weighted by atomic mass is 32.2. The highest BCUT2D eigenvalue weighted by molar-refractivity contribution is 8.07. The molecule has 1 fully saturated rings. The van der Waals surface area contributed by atoms with E-state index in [9.17, 15) is 0 Å². The molecule has 0 aromatic carbocycles. The van der Waals surface area contributed by atoms with E-state index >= 15 is 0 Å². The Morgan fingerprint density at radius 1 is 1.35 bits per heavy atom. The molecule has 0 saturated carbocycles. The van der Waals surface area contributed by atoms with Crippen molar-refractivity contribution in [3.63, 3.8) is 0 Å². The molecule has 1 saturated heterocycles. The minimum Gasteiger partial charge on any atom is -0.315 e. The van der Waals surface area contributed by atoms with Gasteiger partial charge in [0.05, 0.1) is 10.9 Å². The highest BCUT2D eigenvalue weighted by Crippen LogP contribution is 2.45. The Kier molecular flexibility index (Phi) is 4.80. The number of nitrogens with zero attached hydrogens (tertiary/aromatic N) is 1. The van der Waals surface area contributed by atoms with Crippen molar-refractivity contribution in [2.75, 3.05) is 12.8 Å². The number of aryl methyl sites for hydroxylation is 1. The Labute approximate surface area is 116 Å². The van der Waals surface area contributed by atoms with E-state index in [-0.39, 0.29) is 0 Å². The lowest BCUT2D eigenvalue weighted by atomic mass is 10.3. The van der Waals surface area contributed by atoms with Crippen LogP contribution in [0.5, 0.6) is 0 Å². The van der Waals surface area contributed by atoms with Crippen LogP contribution in [0.1, 0.15) is 34.7 Å². The van der Waals surface area contributed by atoms with Crippen LogP contribution in [0.3, 0.4) is 0 Å². The van der Waals surface area contributed by atoms with Crippen LogP contribution in [0.4, 0.5) is 0 Å². The maximum atomic E-state index is 4.76. The van der Waals surface area contributed by atoms with E-state index in [4.69, 9.17) is 4.98 Å². The molecular formula is C12H20N2S3. The molecule has 1 aliphatic heterocycles. The molecule has 0 spiro atoms. The van der Waals surface area contributed by atoms with E-state index in [1.54, 1.807) is 0 Å². The lowest BCUT2D eigenvalue weighted by molar-refractivity contribution is 0.822. The molecule has 2 nitrogen and oxygen atoms in total. The van der Waals surface area contributed by atoms with Crippen molar-refractivity contribution in [1.82, 2.24) is 10.3 Å². The molecule has 5 heteroatoms. The van der Waals surface area contributed by atoms with E-state index in [1.807, 2.05) is 18.4 Å². The average Bonchev–Trinajstić information content (AvgIpc) is 2.65. The summed E-state index contributed by atoms with van der Waals surface area (Å²) in [5.41, 5.74) is 1.20. The van der Waals surface area contributed by atoms with Crippen molar-refractivity contribution in [2.24, 2.45) is 0 Å². The van der Waals surface area contributed by atoms with Crippen molar-refractivity contribution in [3.8, 4) is 0 Å². The second-order valence-corrected chi connectivity index (χ2v) is 8.57. The number of aromatic nitrogens is 1. The molecule has 1 aliphatic rings. The van der Waals surface area contributed by atoms with Gasteiger partial charge in [-0.15, -0.1) is 23.1 Å². The molecule has 0 radical (unpaired) electrons. The minimum atomic E-state index is 0.598. The van der Waals surface area contributed by atoms with Crippen molar-refractivity contribution in [2.45, 2.75) is 43.1 Å². The number of hydrogen-bond acceptors (Lipinski definition) is 5. The zero-order chi connectivity index (χ0) is 12.4. The molecule has 2 heterocycles. The summed E-state index contributed by atoms with van der Waals surface area (Å²) >= 11 is 6.07. The third-order valence-corrected chi connectivity index (χ3v) is 7.89. The van der Waals surface area contributed by atoms with Gasteiger partial charge in [0.15, 0.2) is 0 Å². The molecule has 0 amide bonds. The largest absolute Gasteiger partial charge is 0.315 e. The summed E-state index contributed by atoms with van der Waals surface area (Å²) < 4.78 is 0. The fourth-order valence-electron chi connectivity index (χ4n) is 1.83. The van der Waals surface area contributed by atoms with Gasteiger partial charge in [-0.05, 0) is 14.0 Å². The van der Waals surface area contributed by atoms with Gasteiger partial charge >= 0.3 is 0 Å². The Hall–Kier alpha value is 0.290. The second-order valence-electron chi connectivity index (χ2n) is 4.46. The van der Waals surface area contributed by atoms with E-state index in [1.165, 1.54) is 21.3 Å². The van der Waals surface area contributed by atoms with Crippen LogP contribution in [0.2, 0.25) is 0 Å². The summed E-state index contributed by atoms with van der Waals surface area (Å²) in [6.07, 6.45) is 0. The average molecular weight is 289 g/mol. The van der Waals surface area contributed by atoms with E-state index in [2.05, 4.69) is 49.6 Å². The van der Waals surface area contributed by atoms with Crippen molar-refractivity contribution < 1.29 is 0 Å². The lowest BCUT2D eigenvalue weighted by Gasteiger charge is -2.30. The van der Waals surface area contributed by atoms with Gasteiger partial charge in [-0.3, -0.25) is 0 Å². The first-order valence-corrected chi connectivity index (χ1v) is 8.80. The molecule has 1 aromatic heterocycles. The first kappa shape index (κ1) is 13.7. The van der Waals surface area contributed by atoms with Gasteiger partial charge in [0.1, 0.15) is 5.01 Å². The van der Waals surface area contributed by atoms with Gasteiger partial charge in [-0.2, -0.15) is 11.8 Å².